The fourth-order valence-corrected chi connectivity index (χ4v) is 1.39. The van der Waals surface area contributed by atoms with Gasteiger partial charge < -0.3 is 9.32 Å². The second kappa shape index (κ2) is 4.84. The van der Waals surface area contributed by atoms with Crippen molar-refractivity contribution in [2.45, 2.75) is 20.8 Å². The van der Waals surface area contributed by atoms with Gasteiger partial charge >= 0.3 is 0 Å². The molecule has 0 radical (unpaired) electrons. The summed E-state index contributed by atoms with van der Waals surface area (Å²) in [5, 5.41) is 0. The Kier molecular flexibility index (Phi) is 3.74. The van der Waals surface area contributed by atoms with E-state index in [1.807, 2.05) is 6.07 Å². The van der Waals surface area contributed by atoms with Crippen LogP contribution < -0.4 is 4.90 Å². The van der Waals surface area contributed by atoms with E-state index in [1.165, 1.54) is 0 Å². The van der Waals surface area contributed by atoms with Crippen molar-refractivity contribution in [2.24, 2.45) is 5.92 Å². The third kappa shape index (κ3) is 2.62. The molecule has 1 aromatic rings. The lowest BCUT2D eigenvalue weighted by atomic mass is 10.2. The second-order valence-electron chi connectivity index (χ2n) is 3.73. The third-order valence-electron chi connectivity index (χ3n) is 2.01. The van der Waals surface area contributed by atoms with E-state index in [2.05, 4.69) is 25.7 Å². The van der Waals surface area contributed by atoms with Crippen molar-refractivity contribution in [1.82, 2.24) is 0 Å². The van der Waals surface area contributed by atoms with E-state index in [9.17, 15) is 4.79 Å². The van der Waals surface area contributed by atoms with E-state index in [4.69, 9.17) is 4.42 Å². The molecule has 0 aliphatic rings. The molecule has 0 bridgehead atoms. The van der Waals surface area contributed by atoms with E-state index in [0.29, 0.717) is 11.7 Å². The van der Waals surface area contributed by atoms with E-state index in [1.54, 1.807) is 6.07 Å². The zero-order valence-electron chi connectivity index (χ0n) is 8.99. The molecule has 0 fully saturated rings. The lowest BCUT2D eigenvalue weighted by molar-refractivity contribution is 0.110. The Morgan fingerprint density at radius 2 is 2.21 bits per heavy atom. The highest BCUT2D eigenvalue weighted by Gasteiger charge is 2.10. The topological polar surface area (TPSA) is 33.5 Å². The highest BCUT2D eigenvalue weighted by atomic mass is 16.4. The molecule has 1 heterocycles. The van der Waals surface area contributed by atoms with Gasteiger partial charge in [0.15, 0.2) is 17.9 Å². The molecule has 0 saturated carbocycles. The molecular formula is C11H17NO2. The van der Waals surface area contributed by atoms with Crippen molar-refractivity contribution in [2.75, 3.05) is 18.0 Å². The van der Waals surface area contributed by atoms with E-state index in [0.717, 1.165) is 25.3 Å². The first-order chi connectivity index (χ1) is 6.67. The van der Waals surface area contributed by atoms with Crippen LogP contribution in [-0.4, -0.2) is 19.4 Å². The zero-order chi connectivity index (χ0) is 10.6. The minimum atomic E-state index is 0.391. The van der Waals surface area contributed by atoms with Gasteiger partial charge in [0.05, 0.1) is 0 Å². The molecule has 78 valence electrons. The highest BCUT2D eigenvalue weighted by molar-refractivity contribution is 5.71. The lowest BCUT2D eigenvalue weighted by Crippen LogP contribution is -2.26. The molecule has 0 unspecified atom stereocenters. The standard InChI is InChI=1S/C11H17NO2/c1-4-12(7-9(2)3)11-6-5-10(8-13)14-11/h5-6,8-9H,4,7H2,1-3H3. The number of nitrogens with zero attached hydrogens (tertiary/aromatic N) is 1. The fourth-order valence-electron chi connectivity index (χ4n) is 1.39. The molecule has 3 nitrogen and oxygen atoms in total. The van der Waals surface area contributed by atoms with Crippen molar-refractivity contribution in [3.8, 4) is 0 Å². The molecule has 0 spiro atoms. The molecule has 0 amide bonds. The number of rotatable bonds is 5. The van der Waals surface area contributed by atoms with Gasteiger partial charge in [-0.25, -0.2) is 0 Å². The Labute approximate surface area is 84.7 Å². The quantitative estimate of drug-likeness (QED) is 0.677. The van der Waals surface area contributed by atoms with E-state index < -0.39 is 0 Å². The van der Waals surface area contributed by atoms with Crippen LogP contribution in [0.1, 0.15) is 31.3 Å². The molecule has 1 rings (SSSR count). The summed E-state index contributed by atoms with van der Waals surface area (Å²) in [6.45, 7) is 8.23. The number of carbonyl (C=O) groups is 1. The van der Waals surface area contributed by atoms with Crippen molar-refractivity contribution in [1.29, 1.82) is 0 Å². The van der Waals surface area contributed by atoms with Crippen LogP contribution in [0.5, 0.6) is 0 Å². The highest BCUT2D eigenvalue weighted by Crippen LogP contribution is 2.18. The minimum absolute atomic E-state index is 0.391. The number of carbonyl (C=O) groups excluding carboxylic acids is 1. The van der Waals surface area contributed by atoms with Gasteiger partial charge in [-0.2, -0.15) is 0 Å². The van der Waals surface area contributed by atoms with Crippen molar-refractivity contribution < 1.29 is 9.21 Å². The average Bonchev–Trinajstić information content (AvgIpc) is 2.62. The first-order valence-corrected chi connectivity index (χ1v) is 4.97. The lowest BCUT2D eigenvalue weighted by Gasteiger charge is -2.21. The number of hydrogen-bond acceptors (Lipinski definition) is 3. The third-order valence-corrected chi connectivity index (χ3v) is 2.01. The van der Waals surface area contributed by atoms with Crippen molar-refractivity contribution in [3.05, 3.63) is 17.9 Å². The summed E-state index contributed by atoms with van der Waals surface area (Å²) in [7, 11) is 0. The largest absolute Gasteiger partial charge is 0.438 e. The van der Waals surface area contributed by atoms with Gasteiger partial charge in [-0.3, -0.25) is 4.79 Å². The molecule has 1 aromatic heterocycles. The molecule has 0 saturated heterocycles. The minimum Gasteiger partial charge on any atom is -0.438 e. The van der Waals surface area contributed by atoms with Crippen LogP contribution in [0.4, 0.5) is 5.88 Å². The molecule has 0 aliphatic carbocycles. The number of furan rings is 1. The molecule has 3 heteroatoms. The summed E-state index contributed by atoms with van der Waals surface area (Å²) in [5.41, 5.74) is 0. The smallest absolute Gasteiger partial charge is 0.196 e. The Morgan fingerprint density at radius 1 is 1.50 bits per heavy atom. The molecule has 0 aromatic carbocycles. The van der Waals surface area contributed by atoms with Crippen molar-refractivity contribution in [3.63, 3.8) is 0 Å². The predicted molar refractivity (Wildman–Crippen MR) is 56.8 cm³/mol. The van der Waals surface area contributed by atoms with Crippen LogP contribution in [0.2, 0.25) is 0 Å². The van der Waals surface area contributed by atoms with Gasteiger partial charge in [0, 0.05) is 19.2 Å². The van der Waals surface area contributed by atoms with Crippen molar-refractivity contribution >= 4 is 12.2 Å². The number of hydrogen-bond donors (Lipinski definition) is 0. The maximum absolute atomic E-state index is 10.4. The van der Waals surface area contributed by atoms with Gasteiger partial charge in [-0.15, -0.1) is 0 Å². The monoisotopic (exact) mass is 195 g/mol. The van der Waals surface area contributed by atoms with Crippen LogP contribution in [0.3, 0.4) is 0 Å². The average molecular weight is 195 g/mol. The normalized spacial score (nSPS) is 10.6. The summed E-state index contributed by atoms with van der Waals surface area (Å²) in [5.74, 6) is 1.75. The van der Waals surface area contributed by atoms with Gasteiger partial charge in [0.25, 0.3) is 0 Å². The number of aldehydes is 1. The maximum atomic E-state index is 10.4. The summed E-state index contributed by atoms with van der Waals surface area (Å²) in [6, 6.07) is 3.54. The summed E-state index contributed by atoms with van der Waals surface area (Å²) in [4.78, 5) is 12.6. The van der Waals surface area contributed by atoms with Crippen LogP contribution >= 0.6 is 0 Å². The van der Waals surface area contributed by atoms with Crippen LogP contribution in [0.25, 0.3) is 0 Å². The summed E-state index contributed by atoms with van der Waals surface area (Å²) >= 11 is 0. The Hall–Kier alpha value is -1.25. The Morgan fingerprint density at radius 3 is 2.64 bits per heavy atom. The summed E-state index contributed by atoms with van der Waals surface area (Å²) < 4.78 is 5.34. The van der Waals surface area contributed by atoms with Gasteiger partial charge in [-0.05, 0) is 18.9 Å². The van der Waals surface area contributed by atoms with Gasteiger partial charge in [-0.1, -0.05) is 13.8 Å². The van der Waals surface area contributed by atoms with Crippen LogP contribution in [0.15, 0.2) is 16.5 Å². The SMILES string of the molecule is CCN(CC(C)C)c1ccc(C=O)o1. The zero-order valence-corrected chi connectivity index (χ0v) is 8.99. The van der Waals surface area contributed by atoms with Gasteiger partial charge in [0.1, 0.15) is 0 Å². The first kappa shape index (κ1) is 10.8. The number of anilines is 1. The molecule has 0 atom stereocenters. The predicted octanol–water partition coefficient (Wildman–Crippen LogP) is 2.57. The van der Waals surface area contributed by atoms with E-state index in [-0.39, 0.29) is 0 Å². The first-order valence-electron chi connectivity index (χ1n) is 4.97. The second-order valence-corrected chi connectivity index (χ2v) is 3.73. The molecule has 14 heavy (non-hydrogen) atoms. The Balaban J connectivity index is 2.73. The van der Waals surface area contributed by atoms with Crippen LogP contribution in [0, 0.1) is 5.92 Å². The van der Waals surface area contributed by atoms with E-state index >= 15 is 0 Å². The molecular weight excluding hydrogens is 178 g/mol. The van der Waals surface area contributed by atoms with Gasteiger partial charge in [0.2, 0.25) is 0 Å². The molecule has 0 N–H and O–H groups in total. The Bertz CT molecular complexity index is 291. The van der Waals surface area contributed by atoms with Crippen LogP contribution in [-0.2, 0) is 0 Å². The summed E-state index contributed by atoms with van der Waals surface area (Å²) in [6.07, 6.45) is 0.729. The fraction of sp³-hybridized carbons (Fsp3) is 0.545. The molecule has 0 aliphatic heterocycles. The maximum Gasteiger partial charge on any atom is 0.196 e.